The topological polar surface area (TPSA) is 95.5 Å². The van der Waals surface area contributed by atoms with Gasteiger partial charge in [-0.15, -0.1) is 0 Å². The van der Waals surface area contributed by atoms with E-state index >= 15 is 0 Å². The summed E-state index contributed by atoms with van der Waals surface area (Å²) in [4.78, 5) is 27.0. The van der Waals surface area contributed by atoms with E-state index in [9.17, 15) is 19.1 Å². The van der Waals surface area contributed by atoms with Gasteiger partial charge in [0.15, 0.2) is 0 Å². The van der Waals surface area contributed by atoms with E-state index in [1.807, 2.05) is 0 Å². The van der Waals surface area contributed by atoms with Crippen LogP contribution in [-0.2, 0) is 4.74 Å². The Labute approximate surface area is 211 Å². The number of halogens is 3. The van der Waals surface area contributed by atoms with Gasteiger partial charge < -0.3 is 9.84 Å². The molecule has 1 amide bonds. The van der Waals surface area contributed by atoms with Crippen molar-refractivity contribution < 1.29 is 23.8 Å². The maximum atomic E-state index is 13.4. The molecule has 2 N–H and O–H groups in total. The summed E-state index contributed by atoms with van der Waals surface area (Å²) in [7, 11) is 0. The lowest BCUT2D eigenvalue weighted by Gasteiger charge is -2.38. The lowest BCUT2D eigenvalue weighted by molar-refractivity contribution is 0.0211. The Morgan fingerprint density at radius 2 is 1.89 bits per heavy atom. The van der Waals surface area contributed by atoms with Crippen molar-refractivity contribution in [3.8, 4) is 0 Å². The maximum Gasteiger partial charge on any atom is 0.411 e. The summed E-state index contributed by atoms with van der Waals surface area (Å²) in [6, 6.07) is 9.63. The Balaban J connectivity index is 1.95. The van der Waals surface area contributed by atoms with Crippen LogP contribution in [0.2, 0.25) is 10.0 Å². The summed E-state index contributed by atoms with van der Waals surface area (Å²) >= 11 is 12.6. The molecular weight excluding hydrogens is 496 g/mol. The molecule has 0 saturated carbocycles. The molecule has 0 radical (unpaired) electrons. The molecule has 2 aromatic carbocycles. The molecule has 182 valence electrons. The number of benzene rings is 2. The van der Waals surface area contributed by atoms with E-state index in [4.69, 9.17) is 27.9 Å². The van der Waals surface area contributed by atoms with E-state index in [0.717, 1.165) is 0 Å². The molecule has 0 fully saturated rings. The van der Waals surface area contributed by atoms with Gasteiger partial charge in [0.05, 0.1) is 18.3 Å². The third-order valence-electron chi connectivity index (χ3n) is 5.34. The second kappa shape index (κ2) is 9.36. The molecule has 35 heavy (non-hydrogen) atoms. The normalized spacial score (nSPS) is 16.8. The van der Waals surface area contributed by atoms with Gasteiger partial charge in [0.1, 0.15) is 17.1 Å². The molecule has 1 unspecified atom stereocenters. The van der Waals surface area contributed by atoms with Gasteiger partial charge >= 0.3 is 12.1 Å². The van der Waals surface area contributed by atoms with Crippen molar-refractivity contribution in [2.45, 2.75) is 32.4 Å². The number of hydrogen-bond donors (Lipinski definition) is 2. The van der Waals surface area contributed by atoms with Crippen molar-refractivity contribution in [3.63, 3.8) is 0 Å². The second-order valence-corrected chi connectivity index (χ2v) is 9.91. The number of carbonyl (C=O) groups is 2. The van der Waals surface area contributed by atoms with Crippen molar-refractivity contribution in [3.05, 3.63) is 86.4 Å². The van der Waals surface area contributed by atoms with Crippen molar-refractivity contribution >= 4 is 46.9 Å². The Morgan fingerprint density at radius 3 is 2.49 bits per heavy atom. The lowest BCUT2D eigenvalue weighted by Crippen LogP contribution is -2.43. The SMILES string of the molecule is CC(C)(C)OC(=O)N1CC(=Cc2ccc(F)cc2)c2n[nH]c(C(=O)O)c2C1c1ccc(Cl)cc1Cl. The number of amides is 1. The number of nitrogens with one attached hydrogen (secondary N) is 1. The highest BCUT2D eigenvalue weighted by atomic mass is 35.5. The predicted molar refractivity (Wildman–Crippen MR) is 131 cm³/mol. The molecule has 0 spiro atoms. The Bertz CT molecular complexity index is 1330. The average Bonchev–Trinajstić information content (AvgIpc) is 3.20. The fourth-order valence-corrected chi connectivity index (χ4v) is 4.45. The van der Waals surface area contributed by atoms with Gasteiger partial charge in [0.25, 0.3) is 0 Å². The summed E-state index contributed by atoms with van der Waals surface area (Å²) in [6.07, 6.45) is 1.06. The van der Waals surface area contributed by atoms with Crippen LogP contribution in [0.25, 0.3) is 11.6 Å². The van der Waals surface area contributed by atoms with Crippen LogP contribution in [-0.4, -0.2) is 44.4 Å². The molecule has 2 heterocycles. The first-order valence-corrected chi connectivity index (χ1v) is 11.4. The highest BCUT2D eigenvalue weighted by Crippen LogP contribution is 2.44. The molecule has 3 aromatic rings. The average molecular weight is 518 g/mol. The number of aromatic nitrogens is 2. The Kier molecular flexibility index (Phi) is 6.62. The van der Waals surface area contributed by atoms with Gasteiger partial charge in [-0.25, -0.2) is 14.0 Å². The number of fused-ring (bicyclic) bond motifs is 1. The summed E-state index contributed by atoms with van der Waals surface area (Å²) in [6.45, 7) is 5.24. The van der Waals surface area contributed by atoms with Gasteiger partial charge in [-0.05, 0) is 62.2 Å². The van der Waals surface area contributed by atoms with E-state index in [0.29, 0.717) is 27.4 Å². The number of carboxylic acid groups (broad SMARTS) is 1. The van der Waals surface area contributed by atoms with Crippen LogP contribution in [0, 0.1) is 5.82 Å². The fourth-order valence-electron chi connectivity index (χ4n) is 3.94. The molecule has 1 aliphatic rings. The molecule has 1 atom stereocenters. The number of carboxylic acids is 1. The van der Waals surface area contributed by atoms with Crippen LogP contribution < -0.4 is 0 Å². The fraction of sp³-hybridized carbons (Fsp3) is 0.240. The minimum atomic E-state index is -1.25. The van der Waals surface area contributed by atoms with Crippen LogP contribution >= 0.6 is 23.2 Å². The minimum Gasteiger partial charge on any atom is -0.477 e. The van der Waals surface area contributed by atoms with E-state index in [-0.39, 0.29) is 22.8 Å². The highest BCUT2D eigenvalue weighted by Gasteiger charge is 2.42. The summed E-state index contributed by atoms with van der Waals surface area (Å²) < 4.78 is 19.1. The summed E-state index contributed by atoms with van der Waals surface area (Å²) in [5, 5.41) is 17.4. The van der Waals surface area contributed by atoms with Gasteiger partial charge in [0, 0.05) is 21.2 Å². The van der Waals surface area contributed by atoms with Crippen LogP contribution in [0.4, 0.5) is 9.18 Å². The number of aromatic carboxylic acids is 1. The number of nitrogens with zero attached hydrogens (tertiary/aromatic N) is 2. The number of rotatable bonds is 3. The quantitative estimate of drug-likeness (QED) is 0.417. The first-order chi connectivity index (χ1) is 16.4. The third kappa shape index (κ3) is 5.18. The lowest BCUT2D eigenvalue weighted by atomic mass is 9.88. The van der Waals surface area contributed by atoms with Gasteiger partial charge in [-0.2, -0.15) is 5.10 Å². The van der Waals surface area contributed by atoms with E-state index in [1.54, 1.807) is 51.1 Å². The Morgan fingerprint density at radius 1 is 1.20 bits per heavy atom. The number of ether oxygens (including phenoxy) is 1. The molecule has 4 rings (SSSR count). The van der Waals surface area contributed by atoms with Crippen molar-refractivity contribution in [1.29, 1.82) is 0 Å². The molecule has 10 heteroatoms. The number of H-pyrrole nitrogens is 1. The first kappa shape index (κ1) is 24.8. The predicted octanol–water partition coefficient (Wildman–Crippen LogP) is 6.43. The zero-order valence-electron chi connectivity index (χ0n) is 19.1. The molecule has 7 nitrogen and oxygen atoms in total. The number of aromatic amines is 1. The van der Waals surface area contributed by atoms with Crippen LogP contribution in [0.3, 0.4) is 0 Å². The standard InChI is InChI=1S/C25H22Cl2FN3O4/c1-25(2,3)35-24(34)31-12-14(10-13-4-7-16(28)8-5-13)20-19(21(23(32)33)30-29-20)22(31)17-9-6-15(26)11-18(17)27/h4-11,22H,12H2,1-3H3,(H,29,30)(H,32,33). The minimum absolute atomic E-state index is 0.0345. The second-order valence-electron chi connectivity index (χ2n) is 9.06. The largest absolute Gasteiger partial charge is 0.477 e. The monoisotopic (exact) mass is 517 g/mol. The van der Waals surface area contributed by atoms with E-state index in [1.165, 1.54) is 23.1 Å². The molecule has 1 aliphatic heterocycles. The van der Waals surface area contributed by atoms with Crippen LogP contribution in [0.1, 0.15) is 59.7 Å². The summed E-state index contributed by atoms with van der Waals surface area (Å²) in [5.74, 6) is -1.64. The van der Waals surface area contributed by atoms with Crippen molar-refractivity contribution in [2.75, 3.05) is 6.54 Å². The van der Waals surface area contributed by atoms with Gasteiger partial charge in [-0.1, -0.05) is 41.4 Å². The summed E-state index contributed by atoms with van der Waals surface area (Å²) in [5.41, 5.74) is 1.29. The zero-order valence-corrected chi connectivity index (χ0v) is 20.6. The third-order valence-corrected chi connectivity index (χ3v) is 5.91. The smallest absolute Gasteiger partial charge is 0.411 e. The first-order valence-electron chi connectivity index (χ1n) is 10.7. The molecule has 1 aromatic heterocycles. The van der Waals surface area contributed by atoms with Gasteiger partial charge in [-0.3, -0.25) is 10.00 Å². The van der Waals surface area contributed by atoms with Crippen molar-refractivity contribution in [1.82, 2.24) is 15.1 Å². The molecule has 0 aliphatic carbocycles. The van der Waals surface area contributed by atoms with E-state index < -0.39 is 29.5 Å². The van der Waals surface area contributed by atoms with Gasteiger partial charge in [0.2, 0.25) is 0 Å². The molecular formula is C25H22Cl2FN3O4. The highest BCUT2D eigenvalue weighted by molar-refractivity contribution is 6.35. The van der Waals surface area contributed by atoms with E-state index in [2.05, 4.69) is 10.2 Å². The van der Waals surface area contributed by atoms with Crippen LogP contribution in [0.5, 0.6) is 0 Å². The van der Waals surface area contributed by atoms with Crippen molar-refractivity contribution in [2.24, 2.45) is 0 Å². The maximum absolute atomic E-state index is 13.4. The number of carbonyl (C=O) groups excluding carboxylic acids is 1. The molecule has 0 bridgehead atoms. The number of hydrogen-bond acceptors (Lipinski definition) is 4. The molecule has 0 saturated heterocycles. The zero-order chi connectivity index (χ0) is 25.5. The van der Waals surface area contributed by atoms with Crippen LogP contribution in [0.15, 0.2) is 42.5 Å². The Hall–Kier alpha value is -3.36.